The second-order valence-electron chi connectivity index (χ2n) is 6.65. The van der Waals surface area contributed by atoms with Crippen LogP contribution in [0.1, 0.15) is 12.5 Å². The van der Waals surface area contributed by atoms with Crippen LogP contribution in [-0.2, 0) is 19.2 Å². The molecule has 1 saturated heterocycles. The largest absolute Gasteiger partial charge is 0.497 e. The Morgan fingerprint density at radius 1 is 1.00 bits per heavy atom. The molecule has 2 atom stereocenters. The van der Waals surface area contributed by atoms with Crippen molar-refractivity contribution < 1.29 is 33.4 Å². The van der Waals surface area contributed by atoms with Crippen molar-refractivity contribution in [2.75, 3.05) is 19.1 Å². The summed E-state index contributed by atoms with van der Waals surface area (Å²) in [5, 5.41) is 4.00. The minimum absolute atomic E-state index is 0.312. The molecule has 154 valence electrons. The third-order valence-electron chi connectivity index (χ3n) is 4.85. The monoisotopic (exact) mass is 410 g/mol. The summed E-state index contributed by atoms with van der Waals surface area (Å²) in [5.74, 6) is -0.999. The Labute approximate surface area is 171 Å². The van der Waals surface area contributed by atoms with Crippen LogP contribution in [0.15, 0.2) is 47.6 Å². The highest BCUT2D eigenvalue weighted by atomic mass is 16.7. The predicted octanol–water partition coefficient (Wildman–Crippen LogP) is 1.92. The first kappa shape index (κ1) is 19.4. The van der Waals surface area contributed by atoms with Crippen molar-refractivity contribution in [3.8, 4) is 17.2 Å². The molecule has 4 rings (SSSR count). The van der Waals surface area contributed by atoms with E-state index >= 15 is 0 Å². The molecule has 2 aliphatic heterocycles. The Balaban J connectivity index is 1.64. The van der Waals surface area contributed by atoms with Crippen molar-refractivity contribution in [2.45, 2.75) is 13.0 Å². The maximum Gasteiger partial charge on any atom is 0.308 e. The van der Waals surface area contributed by atoms with E-state index in [4.69, 9.17) is 19.0 Å². The summed E-state index contributed by atoms with van der Waals surface area (Å²) in [6, 6.07) is 11.1. The number of anilines is 1. The van der Waals surface area contributed by atoms with Gasteiger partial charge in [-0.1, -0.05) is 5.16 Å². The van der Waals surface area contributed by atoms with Gasteiger partial charge in [-0.15, -0.1) is 0 Å². The molecule has 0 radical (unpaired) electrons. The summed E-state index contributed by atoms with van der Waals surface area (Å²) in [6.45, 7) is 1.29. The van der Waals surface area contributed by atoms with E-state index < -0.39 is 29.8 Å². The molecule has 2 unspecified atom stereocenters. The number of methoxy groups -OCH3 is 2. The van der Waals surface area contributed by atoms with Crippen molar-refractivity contribution in [1.82, 2.24) is 0 Å². The molecule has 2 aliphatic rings. The van der Waals surface area contributed by atoms with Crippen LogP contribution < -0.4 is 19.1 Å². The number of ether oxygens (including phenoxy) is 3. The fraction of sp³-hybridized carbons (Fsp3) is 0.238. The molecule has 0 saturated carbocycles. The van der Waals surface area contributed by atoms with E-state index in [9.17, 15) is 14.4 Å². The Bertz CT molecular complexity index is 1060. The molecule has 2 aromatic carbocycles. The van der Waals surface area contributed by atoms with Gasteiger partial charge in [-0.05, 0) is 36.4 Å². The van der Waals surface area contributed by atoms with Crippen molar-refractivity contribution in [2.24, 2.45) is 11.1 Å². The SMILES string of the molecule is COc1ccc(C2=NOC3C(=O)N(c4ccc(OC(C)=O)cc4)C(=O)C23)c(OC)c1. The number of amides is 2. The van der Waals surface area contributed by atoms with Crippen molar-refractivity contribution in [3.05, 3.63) is 48.0 Å². The van der Waals surface area contributed by atoms with Gasteiger partial charge < -0.3 is 19.0 Å². The standard InChI is InChI=1S/C21H18N2O7/c1-11(24)29-13-6-4-12(5-7-13)23-20(25)17-18(22-30-19(17)21(23)26)15-9-8-14(27-2)10-16(15)28-3/h4-10,17,19H,1-3H3. The third kappa shape index (κ3) is 3.14. The summed E-state index contributed by atoms with van der Waals surface area (Å²) < 4.78 is 15.6. The Morgan fingerprint density at radius 2 is 1.70 bits per heavy atom. The molecule has 30 heavy (non-hydrogen) atoms. The van der Waals surface area contributed by atoms with Gasteiger partial charge in [-0.2, -0.15) is 0 Å². The smallest absolute Gasteiger partial charge is 0.308 e. The number of oxime groups is 1. The van der Waals surface area contributed by atoms with Gasteiger partial charge in [0.05, 0.1) is 19.9 Å². The zero-order chi connectivity index (χ0) is 21.4. The lowest BCUT2D eigenvalue weighted by Crippen LogP contribution is -2.33. The number of hydrogen-bond donors (Lipinski definition) is 0. The molecule has 0 spiro atoms. The summed E-state index contributed by atoms with van der Waals surface area (Å²) in [5.41, 5.74) is 1.20. The van der Waals surface area contributed by atoms with Crippen LogP contribution in [0.4, 0.5) is 5.69 Å². The van der Waals surface area contributed by atoms with Gasteiger partial charge in [0.25, 0.3) is 5.91 Å². The van der Waals surface area contributed by atoms with Gasteiger partial charge in [-0.25, -0.2) is 4.90 Å². The first-order valence-electron chi connectivity index (χ1n) is 9.07. The van der Waals surface area contributed by atoms with Crippen LogP contribution in [0.3, 0.4) is 0 Å². The molecular formula is C21H18N2O7. The second kappa shape index (κ2) is 7.51. The van der Waals surface area contributed by atoms with Crippen molar-refractivity contribution in [1.29, 1.82) is 0 Å². The minimum Gasteiger partial charge on any atom is -0.497 e. The van der Waals surface area contributed by atoms with E-state index in [1.165, 1.54) is 45.4 Å². The van der Waals surface area contributed by atoms with Gasteiger partial charge in [0.15, 0.2) is 0 Å². The van der Waals surface area contributed by atoms with Crippen molar-refractivity contribution in [3.63, 3.8) is 0 Å². The molecule has 9 nitrogen and oxygen atoms in total. The van der Waals surface area contributed by atoms with E-state index in [2.05, 4.69) is 5.16 Å². The molecule has 9 heteroatoms. The summed E-state index contributed by atoms with van der Waals surface area (Å²) in [4.78, 5) is 43.5. The van der Waals surface area contributed by atoms with Crippen LogP contribution >= 0.6 is 0 Å². The zero-order valence-corrected chi connectivity index (χ0v) is 16.4. The lowest BCUT2D eigenvalue weighted by atomic mass is 9.93. The highest BCUT2D eigenvalue weighted by Crippen LogP contribution is 2.38. The van der Waals surface area contributed by atoms with Gasteiger partial charge in [0.2, 0.25) is 12.0 Å². The first-order valence-corrected chi connectivity index (χ1v) is 9.07. The topological polar surface area (TPSA) is 104 Å². The number of esters is 1. The summed E-state index contributed by atoms with van der Waals surface area (Å²) >= 11 is 0. The number of carbonyl (C=O) groups is 3. The molecule has 0 bridgehead atoms. The van der Waals surface area contributed by atoms with E-state index in [0.29, 0.717) is 34.2 Å². The molecule has 2 aromatic rings. The molecular weight excluding hydrogens is 392 g/mol. The summed E-state index contributed by atoms with van der Waals surface area (Å²) in [7, 11) is 3.02. The van der Waals surface area contributed by atoms with Gasteiger partial charge in [-0.3, -0.25) is 14.4 Å². The van der Waals surface area contributed by atoms with Crippen LogP contribution in [0, 0.1) is 5.92 Å². The Hall–Kier alpha value is -3.88. The molecule has 0 N–H and O–H groups in total. The molecule has 0 aliphatic carbocycles. The highest BCUT2D eigenvalue weighted by Gasteiger charge is 2.56. The van der Waals surface area contributed by atoms with E-state index in [-0.39, 0.29) is 0 Å². The zero-order valence-electron chi connectivity index (χ0n) is 16.4. The number of fused-ring (bicyclic) bond motifs is 1. The number of hydrogen-bond acceptors (Lipinski definition) is 8. The quantitative estimate of drug-likeness (QED) is 0.421. The van der Waals surface area contributed by atoms with Crippen LogP contribution in [-0.4, -0.2) is 43.8 Å². The Morgan fingerprint density at radius 3 is 2.33 bits per heavy atom. The van der Waals surface area contributed by atoms with Gasteiger partial charge in [0, 0.05) is 18.6 Å². The second-order valence-corrected chi connectivity index (χ2v) is 6.65. The third-order valence-corrected chi connectivity index (χ3v) is 4.85. The first-order chi connectivity index (χ1) is 14.4. The van der Waals surface area contributed by atoms with E-state index in [1.54, 1.807) is 18.2 Å². The van der Waals surface area contributed by atoms with E-state index in [0.717, 1.165) is 4.90 Å². The number of benzene rings is 2. The average molecular weight is 410 g/mol. The van der Waals surface area contributed by atoms with Crippen LogP contribution in [0.5, 0.6) is 17.2 Å². The fourth-order valence-corrected chi connectivity index (χ4v) is 3.49. The van der Waals surface area contributed by atoms with Gasteiger partial charge >= 0.3 is 5.97 Å². The maximum absolute atomic E-state index is 13.2. The number of carbonyl (C=O) groups excluding carboxylic acids is 3. The molecule has 2 heterocycles. The van der Waals surface area contributed by atoms with E-state index in [1.807, 2.05) is 0 Å². The summed E-state index contributed by atoms with van der Waals surface area (Å²) in [6.07, 6.45) is -1.05. The lowest BCUT2D eigenvalue weighted by molar-refractivity contribution is -0.132. The number of rotatable bonds is 5. The molecule has 2 amide bonds. The maximum atomic E-state index is 13.2. The molecule has 0 aromatic heterocycles. The number of imide groups is 1. The Kier molecular flexibility index (Phi) is 4.86. The van der Waals surface area contributed by atoms with Gasteiger partial charge in [0.1, 0.15) is 28.9 Å². The number of nitrogens with zero attached hydrogens (tertiary/aromatic N) is 2. The minimum atomic E-state index is -1.05. The fourth-order valence-electron chi connectivity index (χ4n) is 3.49. The van der Waals surface area contributed by atoms with Crippen LogP contribution in [0.25, 0.3) is 0 Å². The normalized spacial score (nSPS) is 19.8. The lowest BCUT2D eigenvalue weighted by Gasteiger charge is -2.16. The van der Waals surface area contributed by atoms with Crippen molar-refractivity contribution >= 4 is 29.2 Å². The highest BCUT2D eigenvalue weighted by molar-refractivity contribution is 6.32. The van der Waals surface area contributed by atoms with Crippen LogP contribution in [0.2, 0.25) is 0 Å². The average Bonchev–Trinajstić information content (AvgIpc) is 3.28. The predicted molar refractivity (Wildman–Crippen MR) is 105 cm³/mol. The molecule has 1 fully saturated rings.